The normalized spacial score (nSPS) is 13.6. The molecule has 0 aliphatic heterocycles. The quantitative estimate of drug-likeness (QED) is 0.875. The second-order valence-corrected chi connectivity index (χ2v) is 7.83. The Kier molecular flexibility index (Phi) is 5.96. The van der Waals surface area contributed by atoms with E-state index in [0.29, 0.717) is 16.6 Å². The fourth-order valence-corrected chi connectivity index (χ4v) is 3.90. The second-order valence-electron chi connectivity index (χ2n) is 4.52. The van der Waals surface area contributed by atoms with Crippen LogP contribution in [-0.2, 0) is 15.6 Å². The van der Waals surface area contributed by atoms with Crippen LogP contribution in [0.2, 0.25) is 4.34 Å². The van der Waals surface area contributed by atoms with Crippen LogP contribution in [-0.4, -0.2) is 22.4 Å². The maximum Gasteiger partial charge on any atom is 0.228 e. The predicted octanol–water partition coefficient (Wildman–Crippen LogP) is 3.43. The van der Waals surface area contributed by atoms with Gasteiger partial charge in [-0.25, -0.2) is 0 Å². The molecule has 0 radical (unpaired) electrons. The predicted molar refractivity (Wildman–Crippen MR) is 88.5 cm³/mol. The van der Waals surface area contributed by atoms with Gasteiger partial charge in [0, 0.05) is 22.1 Å². The standard InChI is InChI=1S/C15H16ClNO2S2/c1-11(13-7-8-14(16)20-13)15(18)17-9-10-21(19)12-5-3-2-4-6-12/h2-8,11H,9-10H2,1H3,(H,17,18)/t11-,21-/m1/s1. The molecule has 0 aliphatic rings. The third-order valence-electron chi connectivity index (χ3n) is 3.01. The van der Waals surface area contributed by atoms with Crippen molar-refractivity contribution in [2.24, 2.45) is 0 Å². The Morgan fingerprint density at radius 3 is 2.62 bits per heavy atom. The van der Waals surface area contributed by atoms with Gasteiger partial charge in [0.25, 0.3) is 0 Å². The summed E-state index contributed by atoms with van der Waals surface area (Å²) in [7, 11) is -1.09. The van der Waals surface area contributed by atoms with Crippen molar-refractivity contribution in [3.63, 3.8) is 0 Å². The van der Waals surface area contributed by atoms with Crippen LogP contribution in [0, 0.1) is 0 Å². The van der Waals surface area contributed by atoms with Crippen molar-refractivity contribution in [1.82, 2.24) is 5.32 Å². The third-order valence-corrected chi connectivity index (χ3v) is 5.79. The Labute approximate surface area is 135 Å². The first kappa shape index (κ1) is 16.2. The monoisotopic (exact) mass is 341 g/mol. The minimum absolute atomic E-state index is 0.0708. The number of carbonyl (C=O) groups excluding carboxylic acids is 1. The molecule has 112 valence electrons. The van der Waals surface area contributed by atoms with Crippen LogP contribution < -0.4 is 5.32 Å². The van der Waals surface area contributed by atoms with Crippen molar-refractivity contribution >= 4 is 39.6 Å². The number of benzene rings is 1. The topological polar surface area (TPSA) is 46.2 Å². The molecule has 6 heteroatoms. The van der Waals surface area contributed by atoms with Crippen LogP contribution in [0.15, 0.2) is 47.4 Å². The summed E-state index contributed by atoms with van der Waals surface area (Å²) in [6.07, 6.45) is 0. The number of carbonyl (C=O) groups is 1. The maximum atomic E-state index is 12.0. The van der Waals surface area contributed by atoms with E-state index in [2.05, 4.69) is 5.32 Å². The van der Waals surface area contributed by atoms with Crippen LogP contribution in [0.5, 0.6) is 0 Å². The number of nitrogens with one attached hydrogen (secondary N) is 1. The van der Waals surface area contributed by atoms with Gasteiger partial charge < -0.3 is 5.32 Å². The Balaban J connectivity index is 1.80. The number of amides is 1. The van der Waals surface area contributed by atoms with Gasteiger partial charge >= 0.3 is 0 Å². The van der Waals surface area contributed by atoms with Crippen molar-refractivity contribution in [1.29, 1.82) is 0 Å². The molecule has 1 N–H and O–H groups in total. The lowest BCUT2D eigenvalue weighted by Gasteiger charge is -2.10. The van der Waals surface area contributed by atoms with Gasteiger partial charge in [-0.2, -0.15) is 0 Å². The van der Waals surface area contributed by atoms with E-state index in [4.69, 9.17) is 11.6 Å². The van der Waals surface area contributed by atoms with Gasteiger partial charge in [-0.1, -0.05) is 29.8 Å². The molecular weight excluding hydrogens is 326 g/mol. The van der Waals surface area contributed by atoms with Crippen molar-refractivity contribution < 1.29 is 9.00 Å². The summed E-state index contributed by atoms with van der Waals surface area (Å²) in [5.74, 6) is 0.0967. The first-order chi connectivity index (χ1) is 10.1. The Bertz CT molecular complexity index is 628. The molecular formula is C15H16ClNO2S2. The van der Waals surface area contributed by atoms with Crippen LogP contribution >= 0.6 is 22.9 Å². The molecule has 0 saturated heterocycles. The van der Waals surface area contributed by atoms with Crippen molar-refractivity contribution in [3.05, 3.63) is 51.7 Å². The summed E-state index contributed by atoms with van der Waals surface area (Å²) in [6.45, 7) is 2.23. The van der Waals surface area contributed by atoms with E-state index in [9.17, 15) is 9.00 Å². The minimum Gasteiger partial charge on any atom is -0.355 e. The highest BCUT2D eigenvalue weighted by molar-refractivity contribution is 7.85. The van der Waals surface area contributed by atoms with E-state index >= 15 is 0 Å². The fourth-order valence-electron chi connectivity index (χ4n) is 1.80. The number of thiophene rings is 1. The molecule has 1 heterocycles. The lowest BCUT2D eigenvalue weighted by molar-refractivity contribution is -0.122. The highest BCUT2D eigenvalue weighted by atomic mass is 35.5. The van der Waals surface area contributed by atoms with Crippen LogP contribution in [0.25, 0.3) is 0 Å². The van der Waals surface area contributed by atoms with Gasteiger partial charge in [-0.3, -0.25) is 9.00 Å². The van der Waals surface area contributed by atoms with Gasteiger partial charge in [-0.15, -0.1) is 11.3 Å². The summed E-state index contributed by atoms with van der Waals surface area (Å²) in [5, 5.41) is 2.82. The number of halogens is 1. The molecule has 0 unspecified atom stereocenters. The lowest BCUT2D eigenvalue weighted by atomic mass is 10.1. The highest BCUT2D eigenvalue weighted by Gasteiger charge is 2.16. The van der Waals surface area contributed by atoms with Crippen molar-refractivity contribution in [2.45, 2.75) is 17.7 Å². The SMILES string of the molecule is C[C@@H](C(=O)NCC[S@@](=O)c1ccccc1)c1ccc(Cl)s1. The maximum absolute atomic E-state index is 12.0. The van der Waals surface area contributed by atoms with Crippen LogP contribution in [0.1, 0.15) is 17.7 Å². The van der Waals surface area contributed by atoms with E-state index in [-0.39, 0.29) is 11.8 Å². The minimum atomic E-state index is -1.09. The van der Waals surface area contributed by atoms with Crippen LogP contribution in [0.4, 0.5) is 0 Å². The number of hydrogen-bond acceptors (Lipinski definition) is 3. The fraction of sp³-hybridized carbons (Fsp3) is 0.267. The van der Waals surface area contributed by atoms with Gasteiger partial charge in [0.05, 0.1) is 21.1 Å². The number of hydrogen-bond donors (Lipinski definition) is 1. The van der Waals surface area contributed by atoms with Crippen molar-refractivity contribution in [3.8, 4) is 0 Å². The molecule has 1 amide bonds. The van der Waals surface area contributed by atoms with Gasteiger partial charge in [0.2, 0.25) is 5.91 Å². The average Bonchev–Trinajstić information content (AvgIpc) is 2.93. The summed E-state index contributed by atoms with van der Waals surface area (Å²) in [4.78, 5) is 13.7. The zero-order valence-electron chi connectivity index (χ0n) is 11.5. The number of rotatable bonds is 6. The Morgan fingerprint density at radius 2 is 2.00 bits per heavy atom. The van der Waals surface area contributed by atoms with Crippen molar-refractivity contribution in [2.75, 3.05) is 12.3 Å². The lowest BCUT2D eigenvalue weighted by Crippen LogP contribution is -2.31. The second kappa shape index (κ2) is 7.73. The molecule has 2 aromatic rings. The molecule has 0 saturated carbocycles. The Morgan fingerprint density at radius 1 is 1.29 bits per heavy atom. The van der Waals surface area contributed by atoms with E-state index in [1.165, 1.54) is 11.3 Å². The summed E-state index contributed by atoms with van der Waals surface area (Å²) >= 11 is 7.27. The molecule has 3 nitrogen and oxygen atoms in total. The largest absolute Gasteiger partial charge is 0.355 e. The third kappa shape index (κ3) is 4.66. The zero-order valence-corrected chi connectivity index (χ0v) is 13.9. The first-order valence-electron chi connectivity index (χ1n) is 6.54. The van der Waals surface area contributed by atoms with E-state index in [1.807, 2.05) is 43.3 Å². The molecule has 1 aromatic carbocycles. The molecule has 2 atom stereocenters. The van der Waals surface area contributed by atoms with E-state index < -0.39 is 10.8 Å². The molecule has 0 fully saturated rings. The van der Waals surface area contributed by atoms with E-state index in [0.717, 1.165) is 9.77 Å². The molecule has 0 spiro atoms. The molecule has 0 aliphatic carbocycles. The zero-order chi connectivity index (χ0) is 15.2. The van der Waals surface area contributed by atoms with Gasteiger partial charge in [-0.05, 0) is 31.2 Å². The highest BCUT2D eigenvalue weighted by Crippen LogP contribution is 2.27. The molecule has 1 aromatic heterocycles. The van der Waals surface area contributed by atoms with E-state index in [1.54, 1.807) is 6.07 Å². The van der Waals surface area contributed by atoms with Gasteiger partial charge in [0.15, 0.2) is 0 Å². The molecule has 21 heavy (non-hydrogen) atoms. The molecule has 2 rings (SSSR count). The van der Waals surface area contributed by atoms with Gasteiger partial charge in [0.1, 0.15) is 0 Å². The molecule has 0 bridgehead atoms. The first-order valence-corrected chi connectivity index (χ1v) is 9.05. The summed E-state index contributed by atoms with van der Waals surface area (Å²) in [6, 6.07) is 12.9. The summed E-state index contributed by atoms with van der Waals surface area (Å²) < 4.78 is 12.7. The summed E-state index contributed by atoms with van der Waals surface area (Å²) in [5.41, 5.74) is 0. The Hall–Kier alpha value is -1.17. The van der Waals surface area contributed by atoms with Crippen LogP contribution in [0.3, 0.4) is 0 Å². The smallest absolute Gasteiger partial charge is 0.228 e. The average molecular weight is 342 g/mol.